The van der Waals surface area contributed by atoms with Gasteiger partial charge in [-0.2, -0.15) is 4.68 Å². The maximum atomic E-state index is 11.8. The molecule has 0 aliphatic carbocycles. The first-order chi connectivity index (χ1) is 7.05. The molecule has 1 aromatic heterocycles. The van der Waals surface area contributed by atoms with E-state index in [1.807, 2.05) is 0 Å². The van der Waals surface area contributed by atoms with Crippen molar-refractivity contribution < 1.29 is 8.42 Å². The van der Waals surface area contributed by atoms with Gasteiger partial charge in [-0.05, 0) is 0 Å². The molecule has 16 heavy (non-hydrogen) atoms. The van der Waals surface area contributed by atoms with E-state index in [0.29, 0.717) is 4.68 Å². The van der Waals surface area contributed by atoms with Gasteiger partial charge in [-0.3, -0.25) is 4.79 Å². The second kappa shape index (κ2) is 3.55. The number of aromatic nitrogens is 3. The van der Waals surface area contributed by atoms with E-state index in [2.05, 4.69) is 10.2 Å². The third-order valence-corrected chi connectivity index (χ3v) is 2.85. The molecule has 1 aromatic rings. The van der Waals surface area contributed by atoms with Gasteiger partial charge in [0, 0.05) is 11.7 Å². The lowest BCUT2D eigenvalue weighted by molar-refractivity contribution is 0.509. The van der Waals surface area contributed by atoms with E-state index in [1.165, 1.54) is 0 Å². The van der Waals surface area contributed by atoms with Gasteiger partial charge in [0.2, 0.25) is 9.84 Å². The Kier molecular flexibility index (Phi) is 2.80. The zero-order valence-corrected chi connectivity index (χ0v) is 10.4. The Morgan fingerprint density at radius 3 is 2.12 bits per heavy atom. The summed E-state index contributed by atoms with van der Waals surface area (Å²) >= 11 is 0. The largest absolute Gasteiger partial charge is 0.334 e. The van der Waals surface area contributed by atoms with Crippen LogP contribution in [0.4, 0.5) is 0 Å². The van der Waals surface area contributed by atoms with Crippen LogP contribution in [0.25, 0.3) is 0 Å². The van der Waals surface area contributed by atoms with Crippen LogP contribution in [0.3, 0.4) is 0 Å². The van der Waals surface area contributed by atoms with Crippen LogP contribution in [0.15, 0.2) is 9.95 Å². The molecular weight excluding hydrogens is 232 g/mol. The van der Waals surface area contributed by atoms with Gasteiger partial charge in [-0.15, -0.1) is 10.2 Å². The number of rotatable bonds is 1. The zero-order chi connectivity index (χ0) is 12.7. The minimum Gasteiger partial charge on any atom is -0.334 e. The van der Waals surface area contributed by atoms with Crippen molar-refractivity contribution in [3.63, 3.8) is 0 Å². The van der Waals surface area contributed by atoms with Crippen molar-refractivity contribution in [2.45, 2.75) is 31.3 Å². The quantitative estimate of drug-likeness (QED) is 0.640. The van der Waals surface area contributed by atoms with Crippen LogP contribution in [0.5, 0.6) is 0 Å². The van der Waals surface area contributed by atoms with Gasteiger partial charge in [0.05, 0.1) is 0 Å². The van der Waals surface area contributed by atoms with Crippen molar-refractivity contribution in [1.82, 2.24) is 14.9 Å². The summed E-state index contributed by atoms with van der Waals surface area (Å²) in [6.07, 6.45) is 0.913. The predicted molar refractivity (Wildman–Crippen MR) is 58.3 cm³/mol. The lowest BCUT2D eigenvalue weighted by atomic mass is 9.93. The van der Waals surface area contributed by atoms with Crippen LogP contribution in [-0.4, -0.2) is 29.5 Å². The Labute approximate surface area is 93.2 Å². The SMILES string of the molecule is CC(C)(C)c1nnc(S(C)(=O)=O)n(N)c1=O. The minimum atomic E-state index is -3.65. The molecule has 8 heteroatoms. The fraction of sp³-hybridized carbons (Fsp3) is 0.625. The number of sulfone groups is 1. The average molecular weight is 246 g/mol. The summed E-state index contributed by atoms with van der Waals surface area (Å²) in [6.45, 7) is 5.29. The fourth-order valence-corrected chi connectivity index (χ4v) is 1.74. The minimum absolute atomic E-state index is 0.127. The van der Waals surface area contributed by atoms with Crippen LogP contribution < -0.4 is 11.4 Å². The van der Waals surface area contributed by atoms with E-state index in [0.717, 1.165) is 6.26 Å². The molecule has 0 aliphatic heterocycles. The van der Waals surface area contributed by atoms with E-state index >= 15 is 0 Å². The maximum absolute atomic E-state index is 11.8. The molecule has 0 saturated heterocycles. The van der Waals surface area contributed by atoms with Gasteiger partial charge in [-0.25, -0.2) is 8.42 Å². The summed E-state index contributed by atoms with van der Waals surface area (Å²) in [4.78, 5) is 11.8. The Morgan fingerprint density at radius 2 is 1.75 bits per heavy atom. The topological polar surface area (TPSA) is 108 Å². The van der Waals surface area contributed by atoms with Gasteiger partial charge in [0.25, 0.3) is 10.7 Å². The molecule has 0 radical (unpaired) electrons. The first kappa shape index (κ1) is 12.6. The molecule has 0 unspecified atom stereocenters. The highest BCUT2D eigenvalue weighted by Crippen LogP contribution is 2.15. The van der Waals surface area contributed by atoms with Gasteiger partial charge in [0.15, 0.2) is 0 Å². The van der Waals surface area contributed by atoms with Crippen molar-refractivity contribution in [1.29, 1.82) is 0 Å². The standard InChI is InChI=1S/C8H14N4O3S/c1-8(2,3)5-6(13)12(9)7(11-10-5)16(4,14)15/h9H2,1-4H3. The Balaban J connectivity index is 3.61. The Bertz CT molecular complexity index is 568. The van der Waals surface area contributed by atoms with Crippen LogP contribution >= 0.6 is 0 Å². The van der Waals surface area contributed by atoms with Gasteiger partial charge in [0.1, 0.15) is 5.69 Å². The molecule has 90 valence electrons. The van der Waals surface area contributed by atoms with Crippen molar-refractivity contribution in [2.24, 2.45) is 0 Å². The molecular formula is C8H14N4O3S. The summed E-state index contributed by atoms with van der Waals surface area (Å²) in [6, 6.07) is 0. The van der Waals surface area contributed by atoms with Crippen LogP contribution in [-0.2, 0) is 15.3 Å². The van der Waals surface area contributed by atoms with Crippen molar-refractivity contribution in [3.05, 3.63) is 16.0 Å². The molecule has 0 aromatic carbocycles. The molecule has 0 fully saturated rings. The summed E-state index contributed by atoms with van der Waals surface area (Å²) in [5, 5.41) is 6.57. The Hall–Kier alpha value is -1.44. The second-order valence-electron chi connectivity index (χ2n) is 4.53. The number of nitrogen functional groups attached to an aromatic ring is 1. The predicted octanol–water partition coefficient (Wildman–Crippen LogP) is -0.947. The molecule has 0 amide bonds. The van der Waals surface area contributed by atoms with Crippen molar-refractivity contribution in [2.75, 3.05) is 12.1 Å². The molecule has 7 nitrogen and oxygen atoms in total. The maximum Gasteiger partial charge on any atom is 0.295 e. The summed E-state index contributed by atoms with van der Waals surface area (Å²) in [7, 11) is -3.65. The molecule has 0 atom stereocenters. The first-order valence-electron chi connectivity index (χ1n) is 4.50. The van der Waals surface area contributed by atoms with E-state index in [1.54, 1.807) is 20.8 Å². The van der Waals surface area contributed by atoms with Crippen LogP contribution in [0, 0.1) is 0 Å². The number of nitrogens with two attached hydrogens (primary N) is 1. The van der Waals surface area contributed by atoms with Crippen LogP contribution in [0.2, 0.25) is 0 Å². The number of hydrogen-bond donors (Lipinski definition) is 1. The highest BCUT2D eigenvalue weighted by Gasteiger charge is 2.25. The highest BCUT2D eigenvalue weighted by atomic mass is 32.2. The van der Waals surface area contributed by atoms with E-state index < -0.39 is 26.0 Å². The third-order valence-electron chi connectivity index (χ3n) is 1.91. The van der Waals surface area contributed by atoms with Crippen molar-refractivity contribution in [3.8, 4) is 0 Å². The lowest BCUT2D eigenvalue weighted by Crippen LogP contribution is -2.39. The van der Waals surface area contributed by atoms with Crippen LogP contribution in [0.1, 0.15) is 26.5 Å². The van der Waals surface area contributed by atoms with E-state index in [4.69, 9.17) is 5.84 Å². The second-order valence-corrected chi connectivity index (χ2v) is 6.44. The molecule has 0 spiro atoms. The number of hydrogen-bond acceptors (Lipinski definition) is 6. The van der Waals surface area contributed by atoms with E-state index in [-0.39, 0.29) is 5.69 Å². The normalized spacial score (nSPS) is 12.8. The summed E-state index contributed by atoms with van der Waals surface area (Å²) < 4.78 is 23.0. The molecule has 2 N–H and O–H groups in total. The average Bonchev–Trinajstić information content (AvgIpc) is 2.05. The van der Waals surface area contributed by atoms with Gasteiger partial charge < -0.3 is 5.84 Å². The fourth-order valence-electron chi connectivity index (χ4n) is 1.11. The molecule has 0 saturated carbocycles. The Morgan fingerprint density at radius 1 is 1.25 bits per heavy atom. The summed E-state index contributed by atoms with van der Waals surface area (Å²) in [5.41, 5.74) is -1.06. The highest BCUT2D eigenvalue weighted by molar-refractivity contribution is 7.90. The summed E-state index contributed by atoms with van der Waals surface area (Å²) in [5.74, 6) is 5.39. The monoisotopic (exact) mass is 246 g/mol. The molecule has 0 aliphatic rings. The molecule has 0 bridgehead atoms. The lowest BCUT2D eigenvalue weighted by Gasteiger charge is -2.16. The van der Waals surface area contributed by atoms with E-state index in [9.17, 15) is 13.2 Å². The molecule has 1 heterocycles. The number of nitrogens with zero attached hydrogens (tertiary/aromatic N) is 3. The third kappa shape index (κ3) is 2.21. The smallest absolute Gasteiger partial charge is 0.295 e. The van der Waals surface area contributed by atoms with Gasteiger partial charge >= 0.3 is 0 Å². The van der Waals surface area contributed by atoms with Crippen molar-refractivity contribution >= 4 is 9.84 Å². The molecule has 1 rings (SSSR count). The first-order valence-corrected chi connectivity index (χ1v) is 6.39. The van der Waals surface area contributed by atoms with Gasteiger partial charge in [-0.1, -0.05) is 20.8 Å². The zero-order valence-electron chi connectivity index (χ0n) is 9.55.